The third-order valence-electron chi connectivity index (χ3n) is 1.69. The maximum atomic E-state index is 10.7. The van der Waals surface area contributed by atoms with E-state index in [9.17, 15) is 9.59 Å². The quantitative estimate of drug-likeness (QED) is 0.586. The Hall–Kier alpha value is -1.06. The summed E-state index contributed by atoms with van der Waals surface area (Å²) in [6.07, 6.45) is 1.25. The minimum Gasteiger partial charge on any atom is -0.462 e. The normalized spacial score (nSPS) is 22.1. The molecule has 0 N–H and O–H groups in total. The van der Waals surface area contributed by atoms with Crippen LogP contribution in [0.1, 0.15) is 26.2 Å². The van der Waals surface area contributed by atoms with Crippen molar-refractivity contribution >= 4 is 11.9 Å². The maximum Gasteiger partial charge on any atom is 0.306 e. The van der Waals surface area contributed by atoms with E-state index >= 15 is 0 Å². The van der Waals surface area contributed by atoms with Crippen molar-refractivity contribution in [3.8, 4) is 0 Å². The summed E-state index contributed by atoms with van der Waals surface area (Å²) in [5.74, 6) is -0.453. The van der Waals surface area contributed by atoms with E-state index in [2.05, 4.69) is 0 Å². The molecule has 0 aromatic rings. The fourth-order valence-electron chi connectivity index (χ4n) is 0.988. The van der Waals surface area contributed by atoms with Crippen LogP contribution in [-0.4, -0.2) is 24.6 Å². The first-order valence-corrected chi connectivity index (χ1v) is 4.07. The zero-order chi connectivity index (χ0) is 8.97. The first kappa shape index (κ1) is 9.03. The second kappa shape index (κ2) is 4.09. The highest BCUT2D eigenvalue weighted by atomic mass is 16.6. The molecule has 1 aliphatic rings. The van der Waals surface area contributed by atoms with Crippen molar-refractivity contribution < 1.29 is 19.1 Å². The molecule has 0 aliphatic carbocycles. The van der Waals surface area contributed by atoms with Crippen LogP contribution in [0, 0.1) is 0 Å². The number of hydrogen-bond donors (Lipinski definition) is 0. The van der Waals surface area contributed by atoms with Crippen LogP contribution in [0.2, 0.25) is 0 Å². The average molecular weight is 172 g/mol. The highest BCUT2D eigenvalue weighted by Crippen LogP contribution is 2.13. The summed E-state index contributed by atoms with van der Waals surface area (Å²) in [7, 11) is 0. The van der Waals surface area contributed by atoms with E-state index in [0.29, 0.717) is 19.3 Å². The van der Waals surface area contributed by atoms with Crippen molar-refractivity contribution in [2.75, 3.05) is 6.61 Å². The van der Waals surface area contributed by atoms with E-state index in [4.69, 9.17) is 9.47 Å². The van der Waals surface area contributed by atoms with Crippen molar-refractivity contribution in [1.82, 2.24) is 0 Å². The molecular formula is C8H12O4. The standard InChI is InChI=1S/C8H12O4/c1-2-7(9)11-5-6-3-4-8(10)12-6/h6H,2-5H2,1H3. The van der Waals surface area contributed by atoms with Gasteiger partial charge in [-0.2, -0.15) is 0 Å². The monoisotopic (exact) mass is 172 g/mol. The average Bonchev–Trinajstić information content (AvgIpc) is 2.47. The second-order valence-electron chi connectivity index (χ2n) is 2.69. The predicted octanol–water partition coefficient (Wildman–Crippen LogP) is 0.645. The van der Waals surface area contributed by atoms with Gasteiger partial charge < -0.3 is 9.47 Å². The summed E-state index contributed by atoms with van der Waals surface area (Å²) in [6.45, 7) is 1.93. The third kappa shape index (κ3) is 2.53. The second-order valence-corrected chi connectivity index (χ2v) is 2.69. The van der Waals surface area contributed by atoms with Crippen molar-refractivity contribution in [2.45, 2.75) is 32.3 Å². The Bertz CT molecular complexity index is 187. The lowest BCUT2D eigenvalue weighted by Gasteiger charge is -2.08. The smallest absolute Gasteiger partial charge is 0.306 e. The number of carbonyl (C=O) groups excluding carboxylic acids is 2. The Morgan fingerprint density at radius 3 is 3.00 bits per heavy atom. The molecule has 0 aromatic carbocycles. The highest BCUT2D eigenvalue weighted by molar-refractivity contribution is 5.71. The van der Waals surface area contributed by atoms with E-state index in [1.165, 1.54) is 0 Å². The molecule has 0 bridgehead atoms. The van der Waals surface area contributed by atoms with E-state index in [-0.39, 0.29) is 24.6 Å². The van der Waals surface area contributed by atoms with Crippen LogP contribution in [0.4, 0.5) is 0 Å². The summed E-state index contributed by atoms with van der Waals surface area (Å²) in [4.78, 5) is 21.3. The molecule has 68 valence electrons. The first-order valence-electron chi connectivity index (χ1n) is 4.07. The molecule has 1 atom stereocenters. The van der Waals surface area contributed by atoms with Gasteiger partial charge in [-0.05, 0) is 6.42 Å². The van der Waals surface area contributed by atoms with E-state index < -0.39 is 0 Å². The largest absolute Gasteiger partial charge is 0.462 e. The molecule has 1 aliphatic heterocycles. The van der Waals surface area contributed by atoms with Gasteiger partial charge in [0.15, 0.2) is 0 Å². The van der Waals surface area contributed by atoms with Gasteiger partial charge in [-0.25, -0.2) is 0 Å². The van der Waals surface area contributed by atoms with Gasteiger partial charge in [-0.15, -0.1) is 0 Å². The third-order valence-corrected chi connectivity index (χ3v) is 1.69. The zero-order valence-electron chi connectivity index (χ0n) is 7.04. The van der Waals surface area contributed by atoms with Crippen molar-refractivity contribution in [1.29, 1.82) is 0 Å². The molecule has 0 radical (unpaired) electrons. The minimum absolute atomic E-state index is 0.201. The molecule has 1 rings (SSSR count). The Morgan fingerprint density at radius 1 is 1.75 bits per heavy atom. The molecule has 4 heteroatoms. The van der Waals surface area contributed by atoms with Gasteiger partial charge in [0.25, 0.3) is 0 Å². The van der Waals surface area contributed by atoms with Crippen molar-refractivity contribution in [2.24, 2.45) is 0 Å². The molecule has 1 heterocycles. The van der Waals surface area contributed by atoms with Gasteiger partial charge in [-0.3, -0.25) is 9.59 Å². The molecular weight excluding hydrogens is 160 g/mol. The fraction of sp³-hybridized carbons (Fsp3) is 0.750. The Labute approximate surface area is 70.8 Å². The van der Waals surface area contributed by atoms with Crippen LogP contribution in [0.15, 0.2) is 0 Å². The number of ether oxygens (including phenoxy) is 2. The predicted molar refractivity (Wildman–Crippen MR) is 40.4 cm³/mol. The summed E-state index contributed by atoms with van der Waals surface area (Å²) < 4.78 is 9.65. The topological polar surface area (TPSA) is 52.6 Å². The van der Waals surface area contributed by atoms with E-state index in [1.807, 2.05) is 0 Å². The highest BCUT2D eigenvalue weighted by Gasteiger charge is 2.24. The lowest BCUT2D eigenvalue weighted by Crippen LogP contribution is -2.17. The van der Waals surface area contributed by atoms with Gasteiger partial charge in [0.05, 0.1) is 0 Å². The summed E-state index contributed by atoms with van der Waals surface area (Å²) in [5.41, 5.74) is 0. The van der Waals surface area contributed by atoms with Crippen LogP contribution in [0.3, 0.4) is 0 Å². The number of hydrogen-bond acceptors (Lipinski definition) is 4. The summed E-state index contributed by atoms with van der Waals surface area (Å²) >= 11 is 0. The van der Waals surface area contributed by atoms with Gasteiger partial charge in [0.2, 0.25) is 0 Å². The minimum atomic E-state index is -0.252. The molecule has 12 heavy (non-hydrogen) atoms. The number of esters is 2. The molecule has 1 unspecified atom stereocenters. The van der Waals surface area contributed by atoms with Crippen LogP contribution in [-0.2, 0) is 19.1 Å². The summed E-state index contributed by atoms with van der Waals surface area (Å²) in [5, 5.41) is 0. The van der Waals surface area contributed by atoms with Gasteiger partial charge in [-0.1, -0.05) is 6.92 Å². The zero-order valence-corrected chi connectivity index (χ0v) is 7.04. The molecule has 0 aromatic heterocycles. The van der Waals surface area contributed by atoms with Crippen LogP contribution in [0.25, 0.3) is 0 Å². The molecule has 0 amide bonds. The van der Waals surface area contributed by atoms with Gasteiger partial charge in [0, 0.05) is 12.8 Å². The van der Waals surface area contributed by atoms with Gasteiger partial charge >= 0.3 is 11.9 Å². The SMILES string of the molecule is CCC(=O)OCC1CCC(=O)O1. The Morgan fingerprint density at radius 2 is 2.50 bits per heavy atom. The lowest BCUT2D eigenvalue weighted by atomic mass is 10.2. The molecule has 1 fully saturated rings. The van der Waals surface area contributed by atoms with E-state index in [1.54, 1.807) is 6.92 Å². The number of cyclic esters (lactones) is 1. The van der Waals surface area contributed by atoms with Crippen molar-refractivity contribution in [3.63, 3.8) is 0 Å². The number of carbonyl (C=O) groups is 2. The van der Waals surface area contributed by atoms with Gasteiger partial charge in [0.1, 0.15) is 12.7 Å². The summed E-state index contributed by atoms with van der Waals surface area (Å²) in [6, 6.07) is 0. The molecule has 0 saturated carbocycles. The van der Waals surface area contributed by atoms with Crippen LogP contribution < -0.4 is 0 Å². The molecule has 4 nitrogen and oxygen atoms in total. The van der Waals surface area contributed by atoms with Crippen LogP contribution in [0.5, 0.6) is 0 Å². The first-order chi connectivity index (χ1) is 5.72. The van der Waals surface area contributed by atoms with Crippen LogP contribution >= 0.6 is 0 Å². The lowest BCUT2D eigenvalue weighted by molar-refractivity contribution is -0.152. The fourth-order valence-corrected chi connectivity index (χ4v) is 0.988. The van der Waals surface area contributed by atoms with E-state index in [0.717, 1.165) is 0 Å². The Kier molecular flexibility index (Phi) is 3.08. The van der Waals surface area contributed by atoms with Crippen molar-refractivity contribution in [3.05, 3.63) is 0 Å². The molecule has 0 spiro atoms. The maximum absolute atomic E-state index is 10.7. The number of rotatable bonds is 3. The molecule has 1 saturated heterocycles. The Balaban J connectivity index is 2.16.